The quantitative estimate of drug-likeness (QED) is 0.648. The zero-order valence-corrected chi connectivity index (χ0v) is 13.7. The van der Waals surface area contributed by atoms with E-state index < -0.39 is 0 Å². The van der Waals surface area contributed by atoms with Crippen LogP contribution in [0.5, 0.6) is 5.88 Å². The number of hydrogen-bond donors (Lipinski definition) is 0. The van der Waals surface area contributed by atoms with Crippen LogP contribution in [-0.2, 0) is 0 Å². The van der Waals surface area contributed by atoms with Crippen LogP contribution in [0, 0.1) is 0 Å². The minimum absolute atomic E-state index is 0.506. The van der Waals surface area contributed by atoms with E-state index in [0.29, 0.717) is 18.5 Å². The van der Waals surface area contributed by atoms with Gasteiger partial charge in [0.1, 0.15) is 12.1 Å². The van der Waals surface area contributed by atoms with Crippen LogP contribution < -0.4 is 9.64 Å². The van der Waals surface area contributed by atoms with Crippen LogP contribution in [-0.4, -0.2) is 34.5 Å². The average Bonchev–Trinajstić information content (AvgIpc) is 2.45. The molecule has 0 N–H and O–H groups in total. The number of ether oxygens (including phenoxy) is 1. The SMILES string of the molecule is CCCOc1cc(N(CCBr)C(CC)CC)ncn1. The van der Waals surface area contributed by atoms with Crippen molar-refractivity contribution in [2.45, 2.75) is 46.1 Å². The smallest absolute Gasteiger partial charge is 0.218 e. The number of hydrogen-bond acceptors (Lipinski definition) is 4. The molecule has 1 heterocycles. The topological polar surface area (TPSA) is 38.2 Å². The summed E-state index contributed by atoms with van der Waals surface area (Å²) in [5.74, 6) is 1.62. The molecule has 0 aliphatic heterocycles. The maximum atomic E-state index is 5.58. The van der Waals surface area contributed by atoms with Gasteiger partial charge in [0.25, 0.3) is 0 Å². The highest BCUT2D eigenvalue weighted by Crippen LogP contribution is 2.21. The van der Waals surface area contributed by atoms with Crippen molar-refractivity contribution in [3.8, 4) is 5.88 Å². The molecule has 0 unspecified atom stereocenters. The molecule has 0 aliphatic rings. The molecule has 0 spiro atoms. The predicted octanol–water partition coefficient (Wildman–Crippen LogP) is 3.66. The molecule has 1 rings (SSSR count). The van der Waals surface area contributed by atoms with Gasteiger partial charge in [0.2, 0.25) is 5.88 Å². The minimum Gasteiger partial charge on any atom is -0.478 e. The molecule has 0 fully saturated rings. The maximum absolute atomic E-state index is 5.58. The molecule has 0 radical (unpaired) electrons. The van der Waals surface area contributed by atoms with Crippen molar-refractivity contribution < 1.29 is 4.74 Å². The molecule has 1 aromatic heterocycles. The standard InChI is InChI=1S/C14H24BrN3O/c1-4-9-19-14-10-13(16-11-17-14)18(8-7-15)12(5-2)6-3/h10-12H,4-9H2,1-3H3. The van der Waals surface area contributed by atoms with E-state index in [-0.39, 0.29) is 0 Å². The van der Waals surface area contributed by atoms with Crippen LogP contribution in [0.1, 0.15) is 40.0 Å². The lowest BCUT2D eigenvalue weighted by atomic mass is 10.1. The van der Waals surface area contributed by atoms with Gasteiger partial charge in [-0.25, -0.2) is 9.97 Å². The zero-order chi connectivity index (χ0) is 14.1. The lowest BCUT2D eigenvalue weighted by molar-refractivity contribution is 0.304. The van der Waals surface area contributed by atoms with Crippen molar-refractivity contribution in [3.63, 3.8) is 0 Å². The van der Waals surface area contributed by atoms with Gasteiger partial charge >= 0.3 is 0 Å². The third-order valence-electron chi connectivity index (χ3n) is 3.08. The summed E-state index contributed by atoms with van der Waals surface area (Å²) < 4.78 is 5.58. The van der Waals surface area contributed by atoms with Gasteiger partial charge in [-0.2, -0.15) is 0 Å². The Morgan fingerprint density at radius 2 is 2.00 bits per heavy atom. The minimum atomic E-state index is 0.506. The molecule has 0 atom stereocenters. The fraction of sp³-hybridized carbons (Fsp3) is 0.714. The summed E-state index contributed by atoms with van der Waals surface area (Å²) >= 11 is 3.52. The first-order chi connectivity index (χ1) is 9.26. The number of nitrogens with zero attached hydrogens (tertiary/aromatic N) is 3. The van der Waals surface area contributed by atoms with E-state index in [9.17, 15) is 0 Å². The number of rotatable bonds is 9. The second kappa shape index (κ2) is 9.13. The van der Waals surface area contributed by atoms with E-state index in [2.05, 4.69) is 51.6 Å². The van der Waals surface area contributed by atoms with Crippen LogP contribution in [0.25, 0.3) is 0 Å². The van der Waals surface area contributed by atoms with E-state index in [4.69, 9.17) is 4.74 Å². The second-order valence-electron chi connectivity index (χ2n) is 4.42. The average molecular weight is 330 g/mol. The molecule has 4 nitrogen and oxygen atoms in total. The van der Waals surface area contributed by atoms with Gasteiger partial charge in [-0.1, -0.05) is 36.7 Å². The first kappa shape index (κ1) is 16.2. The van der Waals surface area contributed by atoms with Crippen molar-refractivity contribution in [2.75, 3.05) is 23.4 Å². The summed E-state index contributed by atoms with van der Waals surface area (Å²) in [6, 6.07) is 2.45. The van der Waals surface area contributed by atoms with Gasteiger partial charge in [-0.15, -0.1) is 0 Å². The summed E-state index contributed by atoms with van der Waals surface area (Å²) in [5.41, 5.74) is 0. The lowest BCUT2D eigenvalue weighted by Crippen LogP contribution is -2.36. The summed E-state index contributed by atoms with van der Waals surface area (Å²) in [7, 11) is 0. The normalized spacial score (nSPS) is 10.8. The second-order valence-corrected chi connectivity index (χ2v) is 5.21. The van der Waals surface area contributed by atoms with Crippen LogP contribution in [0.3, 0.4) is 0 Å². The van der Waals surface area contributed by atoms with Crippen LogP contribution in [0.2, 0.25) is 0 Å². The van der Waals surface area contributed by atoms with E-state index >= 15 is 0 Å². The molecule has 0 bridgehead atoms. The molecular formula is C14H24BrN3O. The Balaban J connectivity index is 2.88. The Morgan fingerprint density at radius 3 is 2.58 bits per heavy atom. The van der Waals surface area contributed by atoms with Crippen molar-refractivity contribution in [1.82, 2.24) is 9.97 Å². The maximum Gasteiger partial charge on any atom is 0.218 e. The van der Waals surface area contributed by atoms with Gasteiger partial charge in [0, 0.05) is 24.0 Å². The monoisotopic (exact) mass is 329 g/mol. The molecule has 108 valence electrons. The predicted molar refractivity (Wildman–Crippen MR) is 83.3 cm³/mol. The van der Waals surface area contributed by atoms with Gasteiger partial charge in [0.05, 0.1) is 6.61 Å². The highest BCUT2D eigenvalue weighted by Gasteiger charge is 2.17. The molecule has 0 amide bonds. The summed E-state index contributed by atoms with van der Waals surface area (Å²) in [6.45, 7) is 8.15. The van der Waals surface area contributed by atoms with E-state index in [1.54, 1.807) is 6.33 Å². The number of halogens is 1. The van der Waals surface area contributed by atoms with Gasteiger partial charge < -0.3 is 9.64 Å². The Kier molecular flexibility index (Phi) is 7.79. The molecule has 19 heavy (non-hydrogen) atoms. The molecule has 1 aromatic rings. The van der Waals surface area contributed by atoms with E-state index in [1.807, 2.05) is 6.07 Å². The number of alkyl halides is 1. The molecular weight excluding hydrogens is 306 g/mol. The van der Waals surface area contributed by atoms with Crippen LogP contribution in [0.4, 0.5) is 5.82 Å². The van der Waals surface area contributed by atoms with E-state index in [1.165, 1.54) is 0 Å². The molecule has 0 aromatic carbocycles. The Bertz CT molecular complexity index is 358. The highest BCUT2D eigenvalue weighted by molar-refractivity contribution is 9.09. The van der Waals surface area contributed by atoms with Crippen molar-refractivity contribution in [3.05, 3.63) is 12.4 Å². The fourth-order valence-corrected chi connectivity index (χ4v) is 2.46. The first-order valence-electron chi connectivity index (χ1n) is 7.04. The number of aromatic nitrogens is 2. The molecule has 0 saturated carbocycles. The lowest BCUT2D eigenvalue weighted by Gasteiger charge is -2.31. The summed E-state index contributed by atoms with van der Waals surface area (Å²) in [5, 5.41) is 0.929. The van der Waals surface area contributed by atoms with Gasteiger partial charge in [-0.3, -0.25) is 0 Å². The van der Waals surface area contributed by atoms with Gasteiger partial charge in [-0.05, 0) is 19.3 Å². The van der Waals surface area contributed by atoms with Crippen LogP contribution >= 0.6 is 15.9 Å². The third-order valence-corrected chi connectivity index (χ3v) is 3.44. The summed E-state index contributed by atoms with van der Waals surface area (Å²) in [4.78, 5) is 10.9. The zero-order valence-electron chi connectivity index (χ0n) is 12.1. The largest absolute Gasteiger partial charge is 0.478 e. The van der Waals surface area contributed by atoms with E-state index in [0.717, 1.165) is 37.0 Å². The summed E-state index contributed by atoms with van der Waals surface area (Å²) in [6.07, 6.45) is 4.79. The van der Waals surface area contributed by atoms with Crippen molar-refractivity contribution >= 4 is 21.7 Å². The Hall–Kier alpha value is -0.840. The van der Waals surface area contributed by atoms with Crippen molar-refractivity contribution in [1.29, 1.82) is 0 Å². The van der Waals surface area contributed by atoms with Crippen LogP contribution in [0.15, 0.2) is 12.4 Å². The Morgan fingerprint density at radius 1 is 1.26 bits per heavy atom. The Labute approximate surface area is 124 Å². The fourth-order valence-electron chi connectivity index (χ4n) is 2.08. The number of anilines is 1. The highest BCUT2D eigenvalue weighted by atomic mass is 79.9. The molecule has 5 heteroatoms. The molecule has 0 aliphatic carbocycles. The van der Waals surface area contributed by atoms with Crippen molar-refractivity contribution in [2.24, 2.45) is 0 Å². The molecule has 0 saturated heterocycles. The third kappa shape index (κ3) is 4.97. The van der Waals surface area contributed by atoms with Gasteiger partial charge in [0.15, 0.2) is 0 Å². The first-order valence-corrected chi connectivity index (χ1v) is 8.16.